The molecule has 1 amide bonds. The molecule has 3 aromatic rings. The van der Waals surface area contributed by atoms with Crippen LogP contribution in [0.3, 0.4) is 0 Å². The Labute approximate surface area is 152 Å². The predicted molar refractivity (Wildman–Crippen MR) is 96.0 cm³/mol. The van der Waals surface area contributed by atoms with Gasteiger partial charge >= 0.3 is 5.97 Å². The molecule has 10 heteroatoms. The average Bonchev–Trinajstić information content (AvgIpc) is 2.64. The third-order valence-corrected chi connectivity index (χ3v) is 3.84. The Hall–Kier alpha value is -3.82. The quantitative estimate of drug-likeness (QED) is 0.476. The number of hydrogen-bond acceptors (Lipinski definition) is 7. The SMILES string of the molecule is Nc1nc2nc(C(=O)N[C@@H](CCc3ccccc3)C(=O)O)cnc2c(=O)[nH]1. The number of aromatic nitrogens is 4. The number of carbonyl (C=O) groups excluding carboxylic acids is 1. The minimum absolute atomic E-state index is 0.0698. The molecule has 0 saturated heterocycles. The number of carbonyl (C=O) groups is 2. The Bertz CT molecular complexity index is 1050. The number of nitrogens with one attached hydrogen (secondary N) is 2. The van der Waals surface area contributed by atoms with Crippen molar-refractivity contribution >= 4 is 29.0 Å². The Morgan fingerprint density at radius 3 is 2.67 bits per heavy atom. The Kier molecular flexibility index (Phi) is 5.06. The maximum absolute atomic E-state index is 12.4. The number of nitrogens with zero attached hydrogens (tertiary/aromatic N) is 3. The van der Waals surface area contributed by atoms with Crippen molar-refractivity contribution in [3.05, 3.63) is 58.1 Å². The predicted octanol–water partition coefficient (Wildman–Crippen LogP) is 0.111. The third kappa shape index (κ3) is 4.24. The summed E-state index contributed by atoms with van der Waals surface area (Å²) in [5, 5.41) is 11.8. The van der Waals surface area contributed by atoms with Gasteiger partial charge in [-0.2, -0.15) is 4.98 Å². The van der Waals surface area contributed by atoms with E-state index in [1.54, 1.807) is 0 Å². The average molecular weight is 368 g/mol. The molecule has 2 aromatic heterocycles. The summed E-state index contributed by atoms with van der Waals surface area (Å²) in [4.78, 5) is 49.4. The zero-order valence-electron chi connectivity index (χ0n) is 14.0. The highest BCUT2D eigenvalue weighted by atomic mass is 16.4. The number of nitrogens with two attached hydrogens (primary N) is 1. The fourth-order valence-electron chi connectivity index (χ4n) is 2.49. The van der Waals surface area contributed by atoms with Crippen LogP contribution in [0, 0.1) is 0 Å². The summed E-state index contributed by atoms with van der Waals surface area (Å²) in [5.74, 6) is -2.05. The normalized spacial score (nSPS) is 11.9. The molecule has 10 nitrogen and oxygen atoms in total. The van der Waals surface area contributed by atoms with E-state index in [9.17, 15) is 19.5 Å². The molecule has 0 spiro atoms. The minimum atomic E-state index is -1.16. The number of hydrogen-bond donors (Lipinski definition) is 4. The first kappa shape index (κ1) is 18.0. The molecule has 27 heavy (non-hydrogen) atoms. The van der Waals surface area contributed by atoms with Crippen LogP contribution in [0.1, 0.15) is 22.5 Å². The van der Waals surface area contributed by atoms with Crippen LogP contribution >= 0.6 is 0 Å². The van der Waals surface area contributed by atoms with Crippen LogP contribution in [-0.4, -0.2) is 43.0 Å². The van der Waals surface area contributed by atoms with E-state index in [0.717, 1.165) is 11.8 Å². The van der Waals surface area contributed by atoms with Crippen LogP contribution in [0.2, 0.25) is 0 Å². The lowest BCUT2D eigenvalue weighted by Gasteiger charge is -2.14. The van der Waals surface area contributed by atoms with E-state index in [4.69, 9.17) is 5.73 Å². The standard InChI is InChI=1S/C17H16N6O4/c18-17-22-13-12(15(25)23-17)19-8-11(20-13)14(24)21-10(16(26)27)7-6-9-4-2-1-3-5-9/h1-5,8,10H,6-7H2,(H,21,24)(H,26,27)(H3,18,20,22,23,25)/t10-/m0/s1. The van der Waals surface area contributed by atoms with Crippen molar-refractivity contribution in [2.24, 2.45) is 0 Å². The molecule has 138 valence electrons. The fraction of sp³-hybridized carbons (Fsp3) is 0.176. The first-order chi connectivity index (χ1) is 12.9. The van der Waals surface area contributed by atoms with Gasteiger partial charge in [0.25, 0.3) is 11.5 Å². The van der Waals surface area contributed by atoms with Gasteiger partial charge in [0.05, 0.1) is 6.20 Å². The van der Waals surface area contributed by atoms with Gasteiger partial charge in [-0.1, -0.05) is 30.3 Å². The molecule has 2 heterocycles. The van der Waals surface area contributed by atoms with Crippen LogP contribution in [0.25, 0.3) is 11.2 Å². The van der Waals surface area contributed by atoms with Gasteiger partial charge in [0.1, 0.15) is 11.7 Å². The number of carboxylic acids is 1. The molecule has 1 aromatic carbocycles. The number of aromatic amines is 1. The van der Waals surface area contributed by atoms with Crippen LogP contribution in [0.15, 0.2) is 41.3 Å². The summed E-state index contributed by atoms with van der Waals surface area (Å²) in [5.41, 5.74) is 5.51. The highest BCUT2D eigenvalue weighted by Crippen LogP contribution is 2.07. The van der Waals surface area contributed by atoms with Gasteiger partial charge < -0.3 is 16.2 Å². The fourth-order valence-corrected chi connectivity index (χ4v) is 2.49. The number of aliphatic carboxylic acids is 1. The number of carboxylic acid groups (broad SMARTS) is 1. The maximum Gasteiger partial charge on any atom is 0.326 e. The maximum atomic E-state index is 12.4. The van der Waals surface area contributed by atoms with Crippen LogP contribution < -0.4 is 16.6 Å². The highest BCUT2D eigenvalue weighted by Gasteiger charge is 2.22. The molecule has 0 radical (unpaired) electrons. The summed E-state index contributed by atoms with van der Waals surface area (Å²) in [6, 6.07) is 8.23. The third-order valence-electron chi connectivity index (χ3n) is 3.84. The van der Waals surface area contributed by atoms with Crippen molar-refractivity contribution in [1.82, 2.24) is 25.3 Å². The van der Waals surface area contributed by atoms with Gasteiger partial charge in [0.2, 0.25) is 5.95 Å². The van der Waals surface area contributed by atoms with Gasteiger partial charge in [-0.05, 0) is 18.4 Å². The van der Waals surface area contributed by atoms with Crippen molar-refractivity contribution < 1.29 is 14.7 Å². The number of fused-ring (bicyclic) bond motifs is 1. The monoisotopic (exact) mass is 368 g/mol. The molecule has 0 aliphatic carbocycles. The lowest BCUT2D eigenvalue weighted by atomic mass is 10.1. The Balaban J connectivity index is 1.76. The van der Waals surface area contributed by atoms with Gasteiger partial charge in [-0.3, -0.25) is 14.6 Å². The van der Waals surface area contributed by atoms with E-state index in [1.807, 2.05) is 30.3 Å². The molecule has 0 fully saturated rings. The van der Waals surface area contributed by atoms with Crippen molar-refractivity contribution in [3.63, 3.8) is 0 Å². The second-order valence-electron chi connectivity index (χ2n) is 5.77. The number of benzene rings is 1. The number of anilines is 1. The molecule has 3 rings (SSSR count). The highest BCUT2D eigenvalue weighted by molar-refractivity contribution is 5.95. The molecule has 0 aliphatic rings. The number of amides is 1. The van der Waals surface area contributed by atoms with Crippen molar-refractivity contribution in [3.8, 4) is 0 Å². The zero-order chi connectivity index (χ0) is 19.4. The second-order valence-corrected chi connectivity index (χ2v) is 5.77. The van der Waals surface area contributed by atoms with E-state index in [2.05, 4.69) is 25.3 Å². The van der Waals surface area contributed by atoms with Crippen molar-refractivity contribution in [2.75, 3.05) is 5.73 Å². The topological polar surface area (TPSA) is 164 Å². The van der Waals surface area contributed by atoms with Gasteiger partial charge in [-0.15, -0.1) is 0 Å². The van der Waals surface area contributed by atoms with E-state index >= 15 is 0 Å². The molecule has 0 unspecified atom stereocenters. The summed E-state index contributed by atoms with van der Waals surface area (Å²) < 4.78 is 0. The second kappa shape index (κ2) is 7.60. The molecular weight excluding hydrogens is 352 g/mol. The van der Waals surface area contributed by atoms with Crippen LogP contribution in [0.4, 0.5) is 5.95 Å². The summed E-state index contributed by atoms with van der Waals surface area (Å²) in [6.45, 7) is 0. The zero-order valence-corrected chi connectivity index (χ0v) is 14.0. The molecule has 5 N–H and O–H groups in total. The largest absolute Gasteiger partial charge is 0.480 e. The van der Waals surface area contributed by atoms with E-state index < -0.39 is 23.5 Å². The molecule has 0 saturated carbocycles. The van der Waals surface area contributed by atoms with E-state index in [0.29, 0.717) is 6.42 Å². The number of H-pyrrole nitrogens is 1. The van der Waals surface area contributed by atoms with Crippen LogP contribution in [0.5, 0.6) is 0 Å². The Morgan fingerprint density at radius 2 is 1.96 bits per heavy atom. The summed E-state index contributed by atoms with van der Waals surface area (Å²) in [6.07, 6.45) is 1.77. The van der Waals surface area contributed by atoms with Gasteiger partial charge in [0, 0.05) is 0 Å². The first-order valence-corrected chi connectivity index (χ1v) is 8.04. The lowest BCUT2D eigenvalue weighted by molar-refractivity contribution is -0.139. The smallest absolute Gasteiger partial charge is 0.326 e. The number of nitrogen functional groups attached to an aromatic ring is 1. The summed E-state index contributed by atoms with van der Waals surface area (Å²) in [7, 11) is 0. The molecule has 1 atom stereocenters. The van der Waals surface area contributed by atoms with E-state index in [-0.39, 0.29) is 29.2 Å². The Morgan fingerprint density at radius 1 is 1.22 bits per heavy atom. The first-order valence-electron chi connectivity index (χ1n) is 8.04. The summed E-state index contributed by atoms with van der Waals surface area (Å²) >= 11 is 0. The molecule has 0 bridgehead atoms. The van der Waals surface area contributed by atoms with Crippen LogP contribution in [-0.2, 0) is 11.2 Å². The van der Waals surface area contributed by atoms with Crippen molar-refractivity contribution in [1.29, 1.82) is 0 Å². The lowest BCUT2D eigenvalue weighted by Crippen LogP contribution is -2.41. The van der Waals surface area contributed by atoms with Crippen molar-refractivity contribution in [2.45, 2.75) is 18.9 Å². The van der Waals surface area contributed by atoms with E-state index in [1.165, 1.54) is 0 Å². The molecule has 0 aliphatic heterocycles. The van der Waals surface area contributed by atoms with Gasteiger partial charge in [0.15, 0.2) is 11.2 Å². The molecular formula is C17H16N6O4. The number of aryl methyl sites for hydroxylation is 1. The van der Waals surface area contributed by atoms with Gasteiger partial charge in [-0.25, -0.2) is 14.8 Å². The number of rotatable bonds is 6. The minimum Gasteiger partial charge on any atom is -0.480 e.